The van der Waals surface area contributed by atoms with Gasteiger partial charge in [-0.3, -0.25) is 4.68 Å². The summed E-state index contributed by atoms with van der Waals surface area (Å²) in [6, 6.07) is 9.78. The van der Waals surface area contributed by atoms with Gasteiger partial charge < -0.3 is 11.1 Å². The molecule has 0 atom stereocenters. The molecule has 148 valence electrons. The van der Waals surface area contributed by atoms with Gasteiger partial charge in [-0.2, -0.15) is 24.4 Å². The molecule has 4 aromatic rings. The summed E-state index contributed by atoms with van der Waals surface area (Å²) in [5.41, 5.74) is 6.90. The molecule has 3 aromatic heterocycles. The van der Waals surface area contributed by atoms with E-state index in [-0.39, 0.29) is 17.7 Å². The van der Waals surface area contributed by atoms with Crippen LogP contribution in [0.15, 0.2) is 42.6 Å². The van der Waals surface area contributed by atoms with Crippen LogP contribution in [0.5, 0.6) is 0 Å². The van der Waals surface area contributed by atoms with Gasteiger partial charge in [0, 0.05) is 39.7 Å². The standard InChI is InChI=1S/C20H21FN8/c1-20(2,10-14-5-4-6-16(21)24-14)28-19-26-17(25-18(22)27-19)12-7-8-13-11-23-29(3)15(13)9-12/h4-9,11H,10H2,1-3H3,(H3,22,25,26,27,28)/i3D3. The molecule has 8 nitrogen and oxygen atoms in total. The molecular weight excluding hydrogens is 371 g/mol. The number of aryl methyl sites for hydroxylation is 1. The maximum atomic E-state index is 13.4. The third kappa shape index (κ3) is 4.13. The van der Waals surface area contributed by atoms with Crippen LogP contribution < -0.4 is 11.1 Å². The van der Waals surface area contributed by atoms with Gasteiger partial charge >= 0.3 is 0 Å². The van der Waals surface area contributed by atoms with E-state index in [1.165, 1.54) is 12.3 Å². The van der Waals surface area contributed by atoms with Gasteiger partial charge in [0.15, 0.2) is 5.82 Å². The Kier molecular flexibility index (Phi) is 3.74. The second-order valence-electron chi connectivity index (χ2n) is 7.31. The largest absolute Gasteiger partial charge is 0.368 e. The number of fused-ring (bicyclic) bond motifs is 1. The lowest BCUT2D eigenvalue weighted by atomic mass is 9.98. The van der Waals surface area contributed by atoms with Gasteiger partial charge in [0.2, 0.25) is 17.8 Å². The van der Waals surface area contributed by atoms with Crippen molar-refractivity contribution in [2.75, 3.05) is 11.1 Å². The van der Waals surface area contributed by atoms with E-state index >= 15 is 0 Å². The quantitative estimate of drug-likeness (QED) is 0.500. The van der Waals surface area contributed by atoms with Gasteiger partial charge in [0.25, 0.3) is 0 Å². The highest BCUT2D eigenvalue weighted by Crippen LogP contribution is 2.24. The topological polar surface area (TPSA) is 107 Å². The molecule has 29 heavy (non-hydrogen) atoms. The zero-order chi connectivity index (χ0) is 23.1. The first-order chi connectivity index (χ1) is 15.0. The molecule has 0 spiro atoms. The minimum Gasteiger partial charge on any atom is -0.368 e. The zero-order valence-corrected chi connectivity index (χ0v) is 15.9. The van der Waals surface area contributed by atoms with Gasteiger partial charge in [-0.1, -0.05) is 18.2 Å². The van der Waals surface area contributed by atoms with Gasteiger partial charge in [-0.05, 0) is 32.0 Å². The van der Waals surface area contributed by atoms with Crippen molar-refractivity contribution >= 4 is 22.8 Å². The molecule has 0 fully saturated rings. The Balaban J connectivity index is 1.65. The number of nitrogen functional groups attached to an aromatic ring is 1. The predicted octanol–water partition coefficient (Wildman–Crippen LogP) is 2.97. The lowest BCUT2D eigenvalue weighted by molar-refractivity contribution is 0.530. The number of aromatic nitrogens is 6. The summed E-state index contributed by atoms with van der Waals surface area (Å²) in [7, 11) is 0. The Morgan fingerprint density at radius 1 is 1.17 bits per heavy atom. The van der Waals surface area contributed by atoms with E-state index in [1.54, 1.807) is 30.3 Å². The molecule has 0 unspecified atom stereocenters. The predicted molar refractivity (Wildman–Crippen MR) is 110 cm³/mol. The highest BCUT2D eigenvalue weighted by Gasteiger charge is 2.21. The summed E-state index contributed by atoms with van der Waals surface area (Å²) in [6.07, 6.45) is 1.90. The van der Waals surface area contributed by atoms with E-state index < -0.39 is 18.5 Å². The first-order valence-corrected chi connectivity index (χ1v) is 8.90. The number of rotatable bonds is 5. The number of benzene rings is 1. The SMILES string of the molecule is [2H]C([2H])([2H])n1ncc2ccc(-c3nc(N)nc(NC(C)(C)Cc4cccc(F)n4)n3)cc21. The van der Waals surface area contributed by atoms with Crippen molar-refractivity contribution < 1.29 is 8.50 Å². The first kappa shape index (κ1) is 15.3. The van der Waals surface area contributed by atoms with Crippen molar-refractivity contribution in [2.24, 2.45) is 6.98 Å². The molecule has 0 aliphatic heterocycles. The second kappa shape index (κ2) is 7.08. The molecule has 0 aliphatic rings. The molecule has 0 aliphatic carbocycles. The van der Waals surface area contributed by atoms with E-state index in [4.69, 9.17) is 9.85 Å². The number of anilines is 2. The number of nitrogens with two attached hydrogens (primary N) is 1. The molecule has 0 saturated heterocycles. The van der Waals surface area contributed by atoms with Crippen molar-refractivity contribution in [1.29, 1.82) is 0 Å². The lowest BCUT2D eigenvalue weighted by Crippen LogP contribution is -2.35. The van der Waals surface area contributed by atoms with Crippen LogP contribution in [0.2, 0.25) is 0 Å². The van der Waals surface area contributed by atoms with Gasteiger partial charge in [-0.25, -0.2) is 4.98 Å². The van der Waals surface area contributed by atoms with Crippen molar-refractivity contribution in [3.63, 3.8) is 0 Å². The summed E-state index contributed by atoms with van der Waals surface area (Å²) in [5, 5.41) is 7.83. The van der Waals surface area contributed by atoms with Gasteiger partial charge in [-0.15, -0.1) is 0 Å². The van der Waals surface area contributed by atoms with E-state index in [0.717, 1.165) is 4.68 Å². The average Bonchev–Trinajstić information content (AvgIpc) is 3.10. The molecule has 3 heterocycles. The molecule has 0 amide bonds. The van der Waals surface area contributed by atoms with Crippen LogP contribution >= 0.6 is 0 Å². The Morgan fingerprint density at radius 2 is 2.03 bits per heavy atom. The zero-order valence-electron chi connectivity index (χ0n) is 18.9. The Hall–Kier alpha value is -3.62. The van der Waals surface area contributed by atoms with E-state index in [1.807, 2.05) is 13.8 Å². The highest BCUT2D eigenvalue weighted by atomic mass is 19.1. The van der Waals surface area contributed by atoms with Crippen LogP contribution in [-0.2, 0) is 13.4 Å². The van der Waals surface area contributed by atoms with Crippen LogP contribution in [-0.4, -0.2) is 35.3 Å². The summed E-state index contributed by atoms with van der Waals surface area (Å²) in [6.45, 7) is 1.39. The summed E-state index contributed by atoms with van der Waals surface area (Å²) >= 11 is 0. The molecule has 4 rings (SSSR count). The summed E-state index contributed by atoms with van der Waals surface area (Å²) in [5.74, 6) is -0.0310. The van der Waals surface area contributed by atoms with Gasteiger partial charge in [0.05, 0.1) is 11.7 Å². The average molecular weight is 395 g/mol. The highest BCUT2D eigenvalue weighted by molar-refractivity contribution is 5.83. The normalized spacial score (nSPS) is 13.7. The monoisotopic (exact) mass is 395 g/mol. The van der Waals surface area contributed by atoms with Crippen LogP contribution in [0.4, 0.5) is 16.3 Å². The number of hydrogen-bond donors (Lipinski definition) is 2. The van der Waals surface area contributed by atoms with Crippen LogP contribution in [0.1, 0.15) is 23.7 Å². The van der Waals surface area contributed by atoms with E-state index in [2.05, 4.69) is 30.4 Å². The molecule has 9 heteroatoms. The first-order valence-electron chi connectivity index (χ1n) is 10.4. The maximum Gasteiger partial charge on any atom is 0.228 e. The number of nitrogens with zero attached hydrogens (tertiary/aromatic N) is 6. The van der Waals surface area contributed by atoms with Crippen LogP contribution in [0.25, 0.3) is 22.3 Å². The van der Waals surface area contributed by atoms with Crippen molar-refractivity contribution in [3.8, 4) is 11.4 Å². The van der Waals surface area contributed by atoms with Crippen LogP contribution in [0, 0.1) is 5.95 Å². The lowest BCUT2D eigenvalue weighted by Gasteiger charge is -2.26. The fourth-order valence-corrected chi connectivity index (χ4v) is 3.08. The van der Waals surface area contributed by atoms with Crippen molar-refractivity contribution in [3.05, 3.63) is 54.2 Å². The summed E-state index contributed by atoms with van der Waals surface area (Å²) in [4.78, 5) is 16.7. The minimum absolute atomic E-state index is 0.00149. The molecular formula is C20H21FN8. The number of nitrogens with one attached hydrogen (secondary N) is 1. The number of hydrogen-bond acceptors (Lipinski definition) is 7. The van der Waals surface area contributed by atoms with E-state index in [0.29, 0.717) is 28.6 Å². The maximum absolute atomic E-state index is 13.4. The molecule has 3 N–H and O–H groups in total. The number of halogens is 1. The third-order valence-electron chi connectivity index (χ3n) is 4.33. The fraction of sp³-hybridized carbons (Fsp3) is 0.250. The molecule has 1 aromatic carbocycles. The third-order valence-corrected chi connectivity index (χ3v) is 4.33. The fourth-order valence-electron chi connectivity index (χ4n) is 3.08. The Morgan fingerprint density at radius 3 is 2.83 bits per heavy atom. The Labute approximate surface area is 171 Å². The smallest absolute Gasteiger partial charge is 0.228 e. The van der Waals surface area contributed by atoms with Crippen molar-refractivity contribution in [1.82, 2.24) is 29.7 Å². The molecule has 0 saturated carbocycles. The molecule has 0 bridgehead atoms. The van der Waals surface area contributed by atoms with Crippen LogP contribution in [0.3, 0.4) is 0 Å². The second-order valence-corrected chi connectivity index (χ2v) is 7.31. The minimum atomic E-state index is -2.42. The van der Waals surface area contributed by atoms with Gasteiger partial charge in [0.1, 0.15) is 0 Å². The Bertz CT molecular complexity index is 1290. The number of pyridine rings is 1. The van der Waals surface area contributed by atoms with Crippen molar-refractivity contribution in [2.45, 2.75) is 25.8 Å². The molecule has 0 radical (unpaired) electrons. The van der Waals surface area contributed by atoms with E-state index in [9.17, 15) is 4.39 Å². The summed E-state index contributed by atoms with van der Waals surface area (Å²) < 4.78 is 37.4.